The minimum atomic E-state index is -1.52. The number of carboxylic acid groups (broad SMARTS) is 1. The Balaban J connectivity index is 1.21. The van der Waals surface area contributed by atoms with Crippen LogP contribution in [0.2, 0.25) is 0 Å². The number of hydrogen-bond donors (Lipinski definition) is 5. The highest BCUT2D eigenvalue weighted by Crippen LogP contribution is 2.57. The third-order valence-corrected chi connectivity index (χ3v) is 10.7. The summed E-state index contributed by atoms with van der Waals surface area (Å²) in [5.74, 6) is 0.778. The van der Waals surface area contributed by atoms with E-state index in [-0.39, 0.29) is 57.0 Å². The van der Waals surface area contributed by atoms with E-state index in [0.29, 0.717) is 60.2 Å². The second-order valence-corrected chi connectivity index (χ2v) is 15.6. The van der Waals surface area contributed by atoms with Gasteiger partial charge in [0.1, 0.15) is 54.7 Å². The van der Waals surface area contributed by atoms with Crippen LogP contribution < -0.4 is 29.6 Å². The molecule has 0 aromatic heterocycles. The summed E-state index contributed by atoms with van der Waals surface area (Å²) in [5, 5.41) is 40.8. The van der Waals surface area contributed by atoms with Crippen LogP contribution >= 0.6 is 0 Å². The first kappa shape index (κ1) is 43.2. The first-order chi connectivity index (χ1) is 29.0. The van der Waals surface area contributed by atoms with Gasteiger partial charge in [-0.2, -0.15) is 4.89 Å². The Morgan fingerprint density at radius 1 is 0.950 bits per heavy atom. The van der Waals surface area contributed by atoms with Crippen LogP contribution in [-0.4, -0.2) is 109 Å². The van der Waals surface area contributed by atoms with Crippen molar-refractivity contribution in [3.8, 4) is 34.5 Å². The van der Waals surface area contributed by atoms with Crippen LogP contribution in [0.1, 0.15) is 79.0 Å². The highest BCUT2D eigenvalue weighted by Gasteiger charge is 2.50. The maximum Gasteiger partial charge on any atom is 0.317 e. The van der Waals surface area contributed by atoms with E-state index in [1.54, 1.807) is 18.2 Å². The van der Waals surface area contributed by atoms with E-state index in [0.717, 1.165) is 28.0 Å². The summed E-state index contributed by atoms with van der Waals surface area (Å²) >= 11 is 0. The molecule has 0 spiro atoms. The fourth-order valence-corrected chi connectivity index (χ4v) is 7.98. The van der Waals surface area contributed by atoms with E-state index in [4.69, 9.17) is 58.5 Å². The van der Waals surface area contributed by atoms with Crippen LogP contribution in [0.3, 0.4) is 0 Å². The highest BCUT2D eigenvalue weighted by molar-refractivity contribution is 5.90. The standard InChI is InChI=1S/C43H53NO16/c1-4-23-11-24(14-26(46)13-23)12-25-15-32-28(39-30(19-53-32)27-16-33-40(56-21-55-33)29(10-22(2)3)38(27)58-39)17-31(25)59-60-42-37(50)41(51-8-5-7-45)34(57-43(42)52-9-6-44)20-54-36(49)18-35(47)48/h11,13-17,22,30,34,37,39,41-43,45-46,50H,4-10,12,18-21,44H2,1-3H3,(H,47,48)/t30-,34-,37+,39-,41-,42-,43-/m1/s1. The van der Waals surface area contributed by atoms with Crippen molar-refractivity contribution in [2.45, 2.75) is 95.6 Å². The van der Waals surface area contributed by atoms with Crippen LogP contribution in [0.25, 0.3) is 0 Å². The molecule has 0 unspecified atom stereocenters. The number of aryl methyl sites for hydroxylation is 1. The molecular formula is C43H53NO16. The van der Waals surface area contributed by atoms with Crippen LogP contribution in [0.15, 0.2) is 36.4 Å². The zero-order valence-corrected chi connectivity index (χ0v) is 33.8. The van der Waals surface area contributed by atoms with Crippen molar-refractivity contribution >= 4 is 11.9 Å². The highest BCUT2D eigenvalue weighted by atomic mass is 17.2. The lowest BCUT2D eigenvalue weighted by Crippen LogP contribution is -2.61. The lowest BCUT2D eigenvalue weighted by Gasteiger charge is -2.42. The molecule has 4 heterocycles. The molecule has 4 aliphatic rings. The van der Waals surface area contributed by atoms with Crippen molar-refractivity contribution in [1.82, 2.24) is 0 Å². The smallest absolute Gasteiger partial charge is 0.317 e. The monoisotopic (exact) mass is 839 g/mol. The Labute approximate surface area is 347 Å². The number of carboxylic acids is 1. The van der Waals surface area contributed by atoms with Gasteiger partial charge < -0.3 is 68.9 Å². The fraction of sp³-hybridized carbons (Fsp3) is 0.535. The number of aliphatic hydroxyl groups is 2. The molecule has 1 fully saturated rings. The van der Waals surface area contributed by atoms with Gasteiger partial charge >= 0.3 is 11.9 Å². The first-order valence-electron chi connectivity index (χ1n) is 20.3. The zero-order valence-electron chi connectivity index (χ0n) is 33.8. The quantitative estimate of drug-likeness (QED) is 0.0381. The topological polar surface area (TPSA) is 233 Å². The molecule has 7 atom stereocenters. The summed E-state index contributed by atoms with van der Waals surface area (Å²) in [6.45, 7) is 6.11. The summed E-state index contributed by atoms with van der Waals surface area (Å²) in [5.41, 5.74) is 10.7. The van der Waals surface area contributed by atoms with Crippen molar-refractivity contribution in [3.05, 3.63) is 69.8 Å². The molecule has 0 bridgehead atoms. The minimum absolute atomic E-state index is 0.00718. The fourth-order valence-electron chi connectivity index (χ4n) is 7.98. The number of nitrogens with two attached hydrogens (primary N) is 1. The number of carbonyl (C=O) groups is 2. The first-order valence-corrected chi connectivity index (χ1v) is 20.3. The number of phenols is 1. The second kappa shape index (κ2) is 19.2. The maximum atomic E-state index is 12.1. The van der Waals surface area contributed by atoms with Crippen molar-refractivity contribution in [2.24, 2.45) is 11.7 Å². The van der Waals surface area contributed by atoms with Crippen LogP contribution in [0.4, 0.5) is 0 Å². The van der Waals surface area contributed by atoms with Crippen molar-refractivity contribution in [1.29, 1.82) is 0 Å². The van der Waals surface area contributed by atoms with Gasteiger partial charge in [0, 0.05) is 48.4 Å². The number of rotatable bonds is 19. The average Bonchev–Trinajstić information content (AvgIpc) is 3.84. The minimum Gasteiger partial charge on any atom is -0.508 e. The largest absolute Gasteiger partial charge is 0.508 e. The SMILES string of the molecule is CCc1cc(O)cc(Cc2cc3c(cc2OO[C@H]2[C@H](OCCN)O[C@H](COC(=O)CC(=O)O)[C@@H](OCCCO)[C@@H]2O)[C@H]2Oc4c(cc5c(c4CC(C)C)OCO5)[C@H]2CO3)c1. The summed E-state index contributed by atoms with van der Waals surface area (Å²) in [6, 6.07) is 11.0. The summed E-state index contributed by atoms with van der Waals surface area (Å²) in [7, 11) is 0. The summed E-state index contributed by atoms with van der Waals surface area (Å²) < 4.78 is 48.1. The van der Waals surface area contributed by atoms with E-state index >= 15 is 0 Å². The number of ether oxygens (including phenoxy) is 8. The van der Waals surface area contributed by atoms with Crippen molar-refractivity contribution < 1.29 is 77.7 Å². The third-order valence-electron chi connectivity index (χ3n) is 10.7. The van der Waals surface area contributed by atoms with E-state index in [1.807, 2.05) is 25.1 Å². The number of hydrogen-bond acceptors (Lipinski definition) is 16. The molecule has 0 radical (unpaired) electrons. The summed E-state index contributed by atoms with van der Waals surface area (Å²) in [4.78, 5) is 35.5. The number of phenolic OH excluding ortho intramolecular Hbond substituents is 1. The Morgan fingerprint density at radius 3 is 2.52 bits per heavy atom. The maximum absolute atomic E-state index is 12.1. The van der Waals surface area contributed by atoms with Gasteiger partial charge in [0.15, 0.2) is 29.6 Å². The Kier molecular flexibility index (Phi) is 13.8. The van der Waals surface area contributed by atoms with E-state index in [2.05, 4.69) is 13.8 Å². The van der Waals surface area contributed by atoms with Gasteiger partial charge in [0.05, 0.1) is 19.1 Å². The van der Waals surface area contributed by atoms with Gasteiger partial charge in [0.25, 0.3) is 0 Å². The predicted molar refractivity (Wildman–Crippen MR) is 209 cm³/mol. The molecule has 60 heavy (non-hydrogen) atoms. The molecule has 0 aliphatic carbocycles. The van der Waals surface area contributed by atoms with E-state index in [1.165, 1.54) is 0 Å². The Morgan fingerprint density at radius 2 is 1.77 bits per heavy atom. The van der Waals surface area contributed by atoms with E-state index in [9.17, 15) is 24.9 Å². The lowest BCUT2D eigenvalue weighted by molar-refractivity contribution is -0.375. The molecule has 0 saturated carbocycles. The molecule has 7 rings (SSSR count). The molecule has 6 N–H and O–H groups in total. The average molecular weight is 840 g/mol. The number of aliphatic hydroxyl groups excluding tert-OH is 2. The lowest BCUT2D eigenvalue weighted by atomic mass is 9.86. The van der Waals surface area contributed by atoms with Gasteiger partial charge in [-0.1, -0.05) is 26.8 Å². The van der Waals surface area contributed by atoms with E-state index < -0.39 is 61.8 Å². The van der Waals surface area contributed by atoms with Crippen LogP contribution in [0.5, 0.6) is 34.5 Å². The third kappa shape index (κ3) is 9.52. The number of aromatic hydroxyl groups is 1. The van der Waals surface area contributed by atoms with Gasteiger partial charge in [-0.15, -0.1) is 0 Å². The predicted octanol–water partition coefficient (Wildman–Crippen LogP) is 3.61. The molecule has 3 aromatic carbocycles. The molecule has 0 amide bonds. The molecular weight excluding hydrogens is 786 g/mol. The van der Waals surface area contributed by atoms with Gasteiger partial charge in [-0.05, 0) is 66.6 Å². The van der Waals surface area contributed by atoms with Crippen molar-refractivity contribution in [3.63, 3.8) is 0 Å². The van der Waals surface area contributed by atoms with Gasteiger partial charge in [-0.25, -0.2) is 0 Å². The molecule has 17 heteroatoms. The van der Waals surface area contributed by atoms with Crippen molar-refractivity contribution in [2.75, 3.05) is 46.4 Å². The molecule has 326 valence electrons. The Hall–Kier alpha value is -4.88. The second-order valence-electron chi connectivity index (χ2n) is 15.6. The van der Waals surface area contributed by atoms with Gasteiger partial charge in [-0.3, -0.25) is 9.59 Å². The van der Waals surface area contributed by atoms with Gasteiger partial charge in [0.2, 0.25) is 6.79 Å². The molecule has 17 nitrogen and oxygen atoms in total. The number of carbonyl (C=O) groups excluding carboxylic acids is 1. The number of fused-ring (bicyclic) bond motifs is 6. The van der Waals surface area contributed by atoms with Crippen LogP contribution in [-0.2, 0) is 52.7 Å². The molecule has 4 aliphatic heterocycles. The Bertz CT molecular complexity index is 2010. The normalized spacial score (nSPS) is 23.6. The number of esters is 1. The number of aliphatic carboxylic acids is 1. The van der Waals surface area contributed by atoms with Crippen LogP contribution in [0, 0.1) is 5.92 Å². The molecule has 1 saturated heterocycles. The molecule has 3 aromatic rings. The number of benzene rings is 3. The zero-order chi connectivity index (χ0) is 42.5. The summed E-state index contributed by atoms with van der Waals surface area (Å²) in [6.07, 6.45) is -5.97.